The van der Waals surface area contributed by atoms with Gasteiger partial charge in [-0.2, -0.15) is 0 Å². The van der Waals surface area contributed by atoms with Gasteiger partial charge >= 0.3 is 0 Å². The summed E-state index contributed by atoms with van der Waals surface area (Å²) in [6, 6.07) is 3.32. The van der Waals surface area contributed by atoms with Crippen LogP contribution in [0, 0.1) is 0 Å². The number of halogens is 1. The largest absolute Gasteiger partial charge is 0.459 e. The molecule has 0 unspecified atom stereocenters. The van der Waals surface area contributed by atoms with Crippen LogP contribution in [-0.2, 0) is 0 Å². The second-order valence-electron chi connectivity index (χ2n) is 4.01. The van der Waals surface area contributed by atoms with Crippen molar-refractivity contribution in [3.63, 3.8) is 0 Å². The van der Waals surface area contributed by atoms with E-state index in [2.05, 4.69) is 27.9 Å². The number of aliphatic imine (C=N–C) groups is 1. The second-order valence-corrected chi connectivity index (χ2v) is 4.01. The van der Waals surface area contributed by atoms with Crippen LogP contribution in [0.15, 0.2) is 27.8 Å². The Hall–Kier alpha value is -1.25. The Labute approximate surface area is 136 Å². The van der Waals surface area contributed by atoms with Crippen molar-refractivity contribution in [2.24, 2.45) is 4.99 Å². The van der Waals surface area contributed by atoms with E-state index in [9.17, 15) is 4.79 Å². The predicted molar refractivity (Wildman–Crippen MR) is 90.7 cm³/mol. The standard InChI is InChI=1S/C13H22N4O2.HI/c1-3-4-7-16-13(14-2)17-9-8-15-12(18)11-6-5-10-19-11;/h5-6,10H,3-4,7-9H2,1-2H3,(H,15,18)(H2,14,16,17);1H. The molecule has 1 heterocycles. The third-order valence-corrected chi connectivity index (χ3v) is 2.49. The average Bonchev–Trinajstić information content (AvgIpc) is 2.95. The van der Waals surface area contributed by atoms with Gasteiger partial charge in [-0.3, -0.25) is 9.79 Å². The fourth-order valence-electron chi connectivity index (χ4n) is 1.46. The quantitative estimate of drug-likeness (QED) is 0.284. The van der Waals surface area contributed by atoms with Crippen molar-refractivity contribution >= 4 is 35.8 Å². The zero-order valence-electron chi connectivity index (χ0n) is 11.9. The molecule has 6 nitrogen and oxygen atoms in total. The Morgan fingerprint density at radius 2 is 1.95 bits per heavy atom. The minimum Gasteiger partial charge on any atom is -0.459 e. The van der Waals surface area contributed by atoms with E-state index in [1.165, 1.54) is 6.26 Å². The molecule has 0 saturated heterocycles. The number of nitrogens with one attached hydrogen (secondary N) is 3. The zero-order valence-corrected chi connectivity index (χ0v) is 14.3. The Morgan fingerprint density at radius 1 is 1.25 bits per heavy atom. The van der Waals surface area contributed by atoms with Crippen LogP contribution in [0.2, 0.25) is 0 Å². The van der Waals surface area contributed by atoms with Gasteiger partial charge in [-0.1, -0.05) is 13.3 Å². The maximum Gasteiger partial charge on any atom is 0.287 e. The Kier molecular flexibility index (Phi) is 10.8. The molecule has 7 heteroatoms. The number of rotatable bonds is 7. The summed E-state index contributed by atoms with van der Waals surface area (Å²) in [7, 11) is 1.72. The van der Waals surface area contributed by atoms with E-state index in [-0.39, 0.29) is 29.9 Å². The number of hydrogen-bond acceptors (Lipinski definition) is 3. The molecule has 20 heavy (non-hydrogen) atoms. The van der Waals surface area contributed by atoms with Crippen molar-refractivity contribution in [1.29, 1.82) is 0 Å². The third-order valence-electron chi connectivity index (χ3n) is 2.49. The molecule has 3 N–H and O–H groups in total. The summed E-state index contributed by atoms with van der Waals surface area (Å²) in [4.78, 5) is 15.6. The molecule has 0 saturated carbocycles. The molecule has 0 fully saturated rings. The average molecular weight is 394 g/mol. The molecule has 0 aliphatic carbocycles. The summed E-state index contributed by atoms with van der Waals surface area (Å²) < 4.78 is 4.99. The van der Waals surface area contributed by atoms with Crippen LogP contribution in [0.5, 0.6) is 0 Å². The van der Waals surface area contributed by atoms with Crippen LogP contribution in [0.1, 0.15) is 30.3 Å². The smallest absolute Gasteiger partial charge is 0.287 e. The molecule has 0 bridgehead atoms. The summed E-state index contributed by atoms with van der Waals surface area (Å²) in [5.41, 5.74) is 0. The summed E-state index contributed by atoms with van der Waals surface area (Å²) >= 11 is 0. The van der Waals surface area contributed by atoms with Gasteiger partial charge < -0.3 is 20.4 Å². The molecule has 0 spiro atoms. The molecule has 0 aliphatic heterocycles. The SMILES string of the molecule is CCCCNC(=NC)NCCNC(=O)c1ccco1.I. The van der Waals surface area contributed by atoms with Crippen molar-refractivity contribution in [3.8, 4) is 0 Å². The lowest BCUT2D eigenvalue weighted by molar-refractivity contribution is 0.0926. The highest BCUT2D eigenvalue weighted by atomic mass is 127. The second kappa shape index (κ2) is 11.6. The number of nitrogens with zero attached hydrogens (tertiary/aromatic N) is 1. The van der Waals surface area contributed by atoms with Gasteiger partial charge in [0.15, 0.2) is 11.7 Å². The Morgan fingerprint density at radius 3 is 2.55 bits per heavy atom. The molecule has 0 radical (unpaired) electrons. The van der Waals surface area contributed by atoms with Gasteiger partial charge in [0, 0.05) is 26.7 Å². The summed E-state index contributed by atoms with van der Waals surface area (Å²) in [5, 5.41) is 9.07. The first kappa shape index (κ1) is 18.8. The van der Waals surface area contributed by atoms with E-state index in [0.29, 0.717) is 18.8 Å². The lowest BCUT2D eigenvalue weighted by atomic mass is 10.3. The van der Waals surface area contributed by atoms with Crippen LogP contribution in [0.3, 0.4) is 0 Å². The van der Waals surface area contributed by atoms with Gasteiger partial charge in [0.1, 0.15) is 0 Å². The number of furan rings is 1. The Balaban J connectivity index is 0.00000361. The highest BCUT2D eigenvalue weighted by Gasteiger charge is 2.06. The molecular weight excluding hydrogens is 371 g/mol. The Bertz CT molecular complexity index is 393. The number of hydrogen-bond donors (Lipinski definition) is 3. The maximum absolute atomic E-state index is 11.6. The van der Waals surface area contributed by atoms with Crippen LogP contribution >= 0.6 is 24.0 Å². The monoisotopic (exact) mass is 394 g/mol. The number of unbranched alkanes of at least 4 members (excludes halogenated alkanes) is 1. The van der Waals surface area contributed by atoms with Crippen LogP contribution in [-0.4, -0.2) is 38.5 Å². The van der Waals surface area contributed by atoms with Gasteiger partial charge in [0.25, 0.3) is 5.91 Å². The van der Waals surface area contributed by atoms with E-state index in [1.807, 2.05) is 0 Å². The van der Waals surface area contributed by atoms with E-state index < -0.39 is 0 Å². The van der Waals surface area contributed by atoms with Crippen molar-refractivity contribution in [3.05, 3.63) is 24.2 Å². The topological polar surface area (TPSA) is 78.7 Å². The fraction of sp³-hybridized carbons (Fsp3) is 0.538. The first-order valence-electron chi connectivity index (χ1n) is 6.54. The van der Waals surface area contributed by atoms with Gasteiger partial charge in [-0.15, -0.1) is 24.0 Å². The summed E-state index contributed by atoms with van der Waals surface area (Å²) in [6.45, 7) is 4.16. The molecule has 1 aromatic heterocycles. The highest BCUT2D eigenvalue weighted by Crippen LogP contribution is 1.98. The van der Waals surface area contributed by atoms with Crippen molar-refractivity contribution in [1.82, 2.24) is 16.0 Å². The van der Waals surface area contributed by atoms with Gasteiger partial charge in [0.05, 0.1) is 6.26 Å². The van der Waals surface area contributed by atoms with Crippen molar-refractivity contribution < 1.29 is 9.21 Å². The summed E-state index contributed by atoms with van der Waals surface area (Å²) in [5.74, 6) is 0.867. The lowest BCUT2D eigenvalue weighted by Crippen LogP contribution is -2.41. The minimum atomic E-state index is -0.208. The fourth-order valence-corrected chi connectivity index (χ4v) is 1.46. The molecule has 0 aliphatic rings. The van der Waals surface area contributed by atoms with Gasteiger partial charge in [-0.05, 0) is 18.6 Å². The first-order valence-corrected chi connectivity index (χ1v) is 6.54. The zero-order chi connectivity index (χ0) is 13.9. The van der Waals surface area contributed by atoms with Gasteiger partial charge in [-0.25, -0.2) is 0 Å². The van der Waals surface area contributed by atoms with E-state index >= 15 is 0 Å². The van der Waals surface area contributed by atoms with Crippen molar-refractivity contribution in [2.75, 3.05) is 26.7 Å². The van der Waals surface area contributed by atoms with E-state index in [0.717, 1.165) is 25.3 Å². The van der Waals surface area contributed by atoms with Crippen LogP contribution in [0.4, 0.5) is 0 Å². The highest BCUT2D eigenvalue weighted by molar-refractivity contribution is 14.0. The molecule has 114 valence electrons. The number of carbonyl (C=O) groups excluding carboxylic acids is 1. The molecule has 0 atom stereocenters. The molecule has 0 aromatic carbocycles. The molecule has 1 aromatic rings. The van der Waals surface area contributed by atoms with Crippen LogP contribution < -0.4 is 16.0 Å². The third kappa shape index (κ3) is 7.37. The molecule has 1 rings (SSSR count). The number of amides is 1. The van der Waals surface area contributed by atoms with E-state index in [4.69, 9.17) is 4.42 Å². The van der Waals surface area contributed by atoms with Crippen LogP contribution in [0.25, 0.3) is 0 Å². The predicted octanol–water partition coefficient (Wildman–Crippen LogP) is 1.59. The molecular formula is C13H23IN4O2. The van der Waals surface area contributed by atoms with Gasteiger partial charge in [0.2, 0.25) is 0 Å². The lowest BCUT2D eigenvalue weighted by Gasteiger charge is -2.11. The molecule has 1 amide bonds. The normalized spacial score (nSPS) is 10.6. The minimum absolute atomic E-state index is 0. The number of guanidine groups is 1. The maximum atomic E-state index is 11.6. The van der Waals surface area contributed by atoms with E-state index in [1.54, 1.807) is 19.2 Å². The first-order chi connectivity index (χ1) is 9.27. The van der Waals surface area contributed by atoms with Crippen molar-refractivity contribution in [2.45, 2.75) is 19.8 Å². The number of carbonyl (C=O) groups is 1. The summed E-state index contributed by atoms with van der Waals surface area (Å²) in [6.07, 6.45) is 3.73.